The summed E-state index contributed by atoms with van der Waals surface area (Å²) in [5.41, 5.74) is 6.45. The van der Waals surface area contributed by atoms with Gasteiger partial charge in [0.05, 0.1) is 29.4 Å². The number of aromatic nitrogens is 3. The van der Waals surface area contributed by atoms with Crippen LogP contribution in [-0.4, -0.2) is 40.1 Å². The molecule has 47 heavy (non-hydrogen) atoms. The van der Waals surface area contributed by atoms with Gasteiger partial charge in [-0.1, -0.05) is 36.7 Å². The number of esters is 1. The van der Waals surface area contributed by atoms with E-state index in [1.165, 1.54) is 12.1 Å². The highest BCUT2D eigenvalue weighted by Crippen LogP contribution is 2.49. The highest BCUT2D eigenvalue weighted by Gasteiger charge is 2.39. The van der Waals surface area contributed by atoms with Crippen LogP contribution in [-0.2, 0) is 35.9 Å². The zero-order valence-electron chi connectivity index (χ0n) is 27.3. The number of carbonyl (C=O) groups excluding carboxylic acids is 1. The predicted octanol–water partition coefficient (Wildman–Crippen LogP) is 9.00. The van der Waals surface area contributed by atoms with Crippen LogP contribution in [0.3, 0.4) is 0 Å². The van der Waals surface area contributed by atoms with E-state index in [0.717, 1.165) is 81.9 Å². The number of hydrogen-bond acceptors (Lipinski definition) is 5. The van der Waals surface area contributed by atoms with E-state index < -0.39 is 0 Å². The summed E-state index contributed by atoms with van der Waals surface area (Å²) in [6, 6.07) is 14.4. The second-order valence-electron chi connectivity index (χ2n) is 12.6. The molecule has 0 bridgehead atoms. The van der Waals surface area contributed by atoms with Gasteiger partial charge in [0.2, 0.25) is 0 Å². The number of hydrogen-bond donors (Lipinski definition) is 0. The molecule has 3 aromatic carbocycles. The number of carbonyl (C=O) groups is 1. The highest BCUT2D eigenvalue weighted by molar-refractivity contribution is 6.35. The molecule has 2 aliphatic rings. The Labute approximate surface area is 279 Å². The largest absolute Gasteiger partial charge is 0.493 e. The molecule has 1 unspecified atom stereocenters. The molecule has 5 aromatic rings. The second-order valence-corrected chi connectivity index (χ2v) is 13.0. The maximum absolute atomic E-state index is 13.8. The quantitative estimate of drug-likeness (QED) is 0.117. The van der Waals surface area contributed by atoms with Gasteiger partial charge in [-0.2, -0.15) is 5.10 Å². The topological polar surface area (TPSA) is 67.5 Å². The Morgan fingerprint density at radius 3 is 2.70 bits per heavy atom. The molecule has 0 saturated heterocycles. The van der Waals surface area contributed by atoms with E-state index in [-0.39, 0.29) is 24.5 Å². The fraction of sp³-hybridized carbons (Fsp3) is 0.421. The third-order valence-electron chi connectivity index (χ3n) is 9.55. The lowest BCUT2D eigenvalue weighted by Gasteiger charge is -2.18. The van der Waals surface area contributed by atoms with Gasteiger partial charge in [0.15, 0.2) is 0 Å². The van der Waals surface area contributed by atoms with Gasteiger partial charge in [0, 0.05) is 47.8 Å². The van der Waals surface area contributed by atoms with Crippen molar-refractivity contribution in [1.29, 1.82) is 0 Å². The zero-order valence-corrected chi connectivity index (χ0v) is 28.0. The Balaban J connectivity index is 1.34. The number of aryl methyl sites for hydroxylation is 3. The average Bonchev–Trinajstić information content (AvgIpc) is 3.78. The Bertz CT molecular complexity index is 1960. The van der Waals surface area contributed by atoms with E-state index >= 15 is 0 Å². The van der Waals surface area contributed by atoms with Gasteiger partial charge in [-0.25, -0.2) is 9.18 Å². The molecule has 1 fully saturated rings. The number of fused-ring (bicyclic) bond motifs is 3. The van der Waals surface area contributed by atoms with E-state index in [4.69, 9.17) is 30.9 Å². The number of ether oxygens (including phenoxy) is 3. The van der Waals surface area contributed by atoms with Crippen molar-refractivity contribution < 1.29 is 23.4 Å². The van der Waals surface area contributed by atoms with Crippen molar-refractivity contribution in [3.05, 3.63) is 82.0 Å². The molecule has 7 rings (SSSR count). The fourth-order valence-corrected chi connectivity index (χ4v) is 7.55. The first-order valence-electron chi connectivity index (χ1n) is 16.9. The van der Waals surface area contributed by atoms with Crippen molar-refractivity contribution >= 4 is 39.2 Å². The van der Waals surface area contributed by atoms with Crippen LogP contribution in [0.5, 0.6) is 5.75 Å². The number of benzene rings is 3. The van der Waals surface area contributed by atoms with Crippen LogP contribution in [0, 0.1) is 11.7 Å². The first-order valence-corrected chi connectivity index (χ1v) is 17.3. The molecular formula is C38H41ClFN3O4. The highest BCUT2D eigenvalue weighted by atomic mass is 35.5. The molecule has 9 heteroatoms. The molecule has 1 aliphatic carbocycles. The standard InChI is InChI=1S/C38H41ClFN3O4/c1-4-30-33-32-29(39)18-17-28-27(11-9-21-46-31-12-8-10-24-22-25(40)15-16-26(24)31)36(38(44)45-5-2)43(35(28)32)19-6-7-20-47-37(23-13-14-23)34(33)41-42(30)3/h8,10,12,15-18,22-23,37H,4-7,9,11,13-14,19-21H2,1-3H3. The Morgan fingerprint density at radius 2 is 1.91 bits per heavy atom. The van der Waals surface area contributed by atoms with E-state index in [1.54, 1.807) is 6.07 Å². The van der Waals surface area contributed by atoms with Gasteiger partial charge >= 0.3 is 5.97 Å². The van der Waals surface area contributed by atoms with Gasteiger partial charge in [-0.15, -0.1) is 0 Å². The average molecular weight is 658 g/mol. The van der Waals surface area contributed by atoms with Crippen LogP contribution in [0.4, 0.5) is 4.39 Å². The maximum Gasteiger partial charge on any atom is 0.355 e. The van der Waals surface area contributed by atoms with Crippen LogP contribution >= 0.6 is 11.6 Å². The predicted molar refractivity (Wildman–Crippen MR) is 183 cm³/mol. The smallest absolute Gasteiger partial charge is 0.355 e. The summed E-state index contributed by atoms with van der Waals surface area (Å²) in [5.74, 6) is 0.554. The maximum atomic E-state index is 13.8. The van der Waals surface area contributed by atoms with Gasteiger partial charge in [-0.3, -0.25) is 4.68 Å². The summed E-state index contributed by atoms with van der Waals surface area (Å²) in [7, 11) is 2.00. The van der Waals surface area contributed by atoms with Gasteiger partial charge in [0.1, 0.15) is 23.4 Å². The fourth-order valence-electron chi connectivity index (χ4n) is 7.30. The zero-order chi connectivity index (χ0) is 32.7. The lowest BCUT2D eigenvalue weighted by Crippen LogP contribution is -2.15. The summed E-state index contributed by atoms with van der Waals surface area (Å²) in [6.45, 7) is 5.96. The molecule has 7 nitrogen and oxygen atoms in total. The Kier molecular flexibility index (Phi) is 8.99. The van der Waals surface area contributed by atoms with Gasteiger partial charge in [-0.05, 0) is 99.1 Å². The molecule has 0 radical (unpaired) electrons. The van der Waals surface area contributed by atoms with Crippen molar-refractivity contribution in [3.63, 3.8) is 0 Å². The summed E-state index contributed by atoms with van der Waals surface area (Å²) < 4.78 is 36.5. The van der Waals surface area contributed by atoms with Crippen molar-refractivity contribution in [2.75, 3.05) is 19.8 Å². The molecule has 246 valence electrons. The van der Waals surface area contributed by atoms with E-state index in [0.29, 0.717) is 55.0 Å². The number of rotatable bonds is 9. The van der Waals surface area contributed by atoms with Crippen molar-refractivity contribution in [1.82, 2.24) is 14.3 Å². The molecule has 3 heterocycles. The third kappa shape index (κ3) is 5.91. The molecule has 1 saturated carbocycles. The number of halogens is 2. The van der Waals surface area contributed by atoms with Gasteiger partial charge < -0.3 is 18.8 Å². The normalized spacial score (nSPS) is 16.7. The minimum Gasteiger partial charge on any atom is -0.493 e. The molecule has 0 amide bonds. The Morgan fingerprint density at radius 1 is 1.09 bits per heavy atom. The third-order valence-corrected chi connectivity index (χ3v) is 9.86. The van der Waals surface area contributed by atoms with Crippen LogP contribution in [0.2, 0.25) is 5.02 Å². The van der Waals surface area contributed by atoms with E-state index in [9.17, 15) is 9.18 Å². The van der Waals surface area contributed by atoms with E-state index in [1.807, 2.05) is 49.0 Å². The van der Waals surface area contributed by atoms with Crippen molar-refractivity contribution in [2.24, 2.45) is 13.0 Å². The molecular weight excluding hydrogens is 617 g/mol. The van der Waals surface area contributed by atoms with Crippen molar-refractivity contribution in [2.45, 2.75) is 71.4 Å². The minimum atomic E-state index is -0.332. The van der Waals surface area contributed by atoms with Crippen LogP contribution in [0.15, 0.2) is 48.5 Å². The molecule has 2 aromatic heterocycles. The monoisotopic (exact) mass is 657 g/mol. The molecule has 1 aliphatic heterocycles. The van der Waals surface area contributed by atoms with Crippen LogP contribution in [0.1, 0.15) is 79.5 Å². The van der Waals surface area contributed by atoms with Crippen molar-refractivity contribution in [3.8, 4) is 16.9 Å². The summed E-state index contributed by atoms with van der Waals surface area (Å²) in [6.07, 6.45) is 5.92. The molecule has 0 N–H and O–H groups in total. The lowest BCUT2D eigenvalue weighted by atomic mass is 9.94. The van der Waals surface area contributed by atoms with Crippen LogP contribution in [0.25, 0.3) is 32.8 Å². The molecule has 1 atom stereocenters. The summed E-state index contributed by atoms with van der Waals surface area (Å²) >= 11 is 7.18. The lowest BCUT2D eigenvalue weighted by molar-refractivity contribution is 0.0317. The Hall–Kier alpha value is -3.88. The first kappa shape index (κ1) is 31.7. The second kappa shape index (κ2) is 13.3. The summed E-state index contributed by atoms with van der Waals surface area (Å²) in [4.78, 5) is 13.8. The van der Waals surface area contributed by atoms with Crippen LogP contribution < -0.4 is 4.74 Å². The van der Waals surface area contributed by atoms with Gasteiger partial charge in [0.25, 0.3) is 0 Å². The SMILES string of the molecule is CCOC(=O)c1c(CCCOc2cccc3cc(F)ccc23)c2ccc(Cl)c3c2n1CCCCOC(C1CC1)c1nn(C)c(CC)c1-3. The molecule has 0 spiro atoms. The minimum absolute atomic E-state index is 0.0870. The first-order chi connectivity index (χ1) is 22.9. The number of nitrogens with zero attached hydrogens (tertiary/aromatic N) is 3. The summed E-state index contributed by atoms with van der Waals surface area (Å²) in [5, 5.41) is 8.36. The van der Waals surface area contributed by atoms with E-state index in [2.05, 4.69) is 11.5 Å².